The Hall–Kier alpha value is -1.84. The summed E-state index contributed by atoms with van der Waals surface area (Å²) in [7, 11) is 0. The Morgan fingerprint density at radius 1 is 1.00 bits per heavy atom. The van der Waals surface area contributed by atoms with Gasteiger partial charge < -0.3 is 10.6 Å². The zero-order chi connectivity index (χ0) is 15.8. The number of rotatable bonds is 7. The number of amides is 2. The summed E-state index contributed by atoms with van der Waals surface area (Å²) in [4.78, 5) is 23.4. The van der Waals surface area contributed by atoms with E-state index in [1.165, 1.54) is 24.0 Å². The highest BCUT2D eigenvalue weighted by atomic mass is 16.2. The first kappa shape index (κ1) is 16.5. The van der Waals surface area contributed by atoms with Crippen LogP contribution in [0.2, 0.25) is 0 Å². The van der Waals surface area contributed by atoms with Crippen molar-refractivity contribution >= 4 is 11.8 Å². The van der Waals surface area contributed by atoms with E-state index in [0.717, 1.165) is 24.8 Å². The Bertz CT molecular complexity index is 526. The molecule has 1 aromatic carbocycles. The molecular formula is C18H26N2O2. The van der Waals surface area contributed by atoms with Gasteiger partial charge in [-0.15, -0.1) is 0 Å². The molecule has 120 valence electrons. The Balaban J connectivity index is 1.74. The monoisotopic (exact) mass is 302 g/mol. The van der Waals surface area contributed by atoms with Crippen LogP contribution in [0.1, 0.15) is 49.3 Å². The van der Waals surface area contributed by atoms with Gasteiger partial charge in [-0.05, 0) is 48.8 Å². The van der Waals surface area contributed by atoms with Crippen molar-refractivity contribution in [1.82, 2.24) is 10.6 Å². The maximum atomic E-state index is 11.9. The SMILES string of the molecule is CCCNC(=O)CCNC(=O)Cc1ccc2c(c1)CCCC2. The second-order valence-electron chi connectivity index (χ2n) is 5.94. The van der Waals surface area contributed by atoms with Crippen LogP contribution in [-0.4, -0.2) is 24.9 Å². The van der Waals surface area contributed by atoms with Crippen molar-refractivity contribution in [3.05, 3.63) is 34.9 Å². The van der Waals surface area contributed by atoms with E-state index < -0.39 is 0 Å². The van der Waals surface area contributed by atoms with Crippen molar-refractivity contribution in [1.29, 1.82) is 0 Å². The molecule has 0 saturated carbocycles. The van der Waals surface area contributed by atoms with Gasteiger partial charge >= 0.3 is 0 Å². The van der Waals surface area contributed by atoms with Gasteiger partial charge in [-0.2, -0.15) is 0 Å². The van der Waals surface area contributed by atoms with E-state index in [1.54, 1.807) is 0 Å². The van der Waals surface area contributed by atoms with Crippen LogP contribution in [0.3, 0.4) is 0 Å². The third kappa shape index (κ3) is 5.17. The molecule has 1 aliphatic carbocycles. The minimum absolute atomic E-state index is 0.00377. The van der Waals surface area contributed by atoms with Crippen molar-refractivity contribution in [2.75, 3.05) is 13.1 Å². The third-order valence-electron chi connectivity index (χ3n) is 4.02. The molecule has 0 spiro atoms. The Morgan fingerprint density at radius 3 is 2.50 bits per heavy atom. The predicted molar refractivity (Wildman–Crippen MR) is 87.7 cm³/mol. The fourth-order valence-electron chi connectivity index (χ4n) is 2.81. The van der Waals surface area contributed by atoms with E-state index in [1.807, 2.05) is 6.92 Å². The fraction of sp³-hybridized carbons (Fsp3) is 0.556. The van der Waals surface area contributed by atoms with Crippen molar-refractivity contribution in [3.8, 4) is 0 Å². The quantitative estimate of drug-likeness (QED) is 0.811. The summed E-state index contributed by atoms with van der Waals surface area (Å²) in [6.07, 6.45) is 6.47. The van der Waals surface area contributed by atoms with E-state index in [9.17, 15) is 9.59 Å². The number of carbonyl (C=O) groups is 2. The summed E-state index contributed by atoms with van der Waals surface area (Å²) in [6, 6.07) is 6.38. The van der Waals surface area contributed by atoms with Gasteiger partial charge in [0.2, 0.25) is 11.8 Å². The lowest BCUT2D eigenvalue weighted by Gasteiger charge is -2.16. The molecule has 4 nitrogen and oxygen atoms in total. The number of hydrogen-bond acceptors (Lipinski definition) is 2. The lowest BCUT2D eigenvalue weighted by Crippen LogP contribution is -2.31. The number of nitrogens with one attached hydrogen (secondary N) is 2. The van der Waals surface area contributed by atoms with E-state index in [4.69, 9.17) is 0 Å². The molecule has 2 amide bonds. The minimum atomic E-state index is -0.0148. The minimum Gasteiger partial charge on any atom is -0.356 e. The van der Waals surface area contributed by atoms with Crippen LogP contribution in [0.15, 0.2) is 18.2 Å². The molecular weight excluding hydrogens is 276 g/mol. The summed E-state index contributed by atoms with van der Waals surface area (Å²) in [5.74, 6) is -0.0185. The summed E-state index contributed by atoms with van der Waals surface area (Å²) in [6.45, 7) is 3.11. The summed E-state index contributed by atoms with van der Waals surface area (Å²) in [5, 5.41) is 5.62. The average molecular weight is 302 g/mol. The van der Waals surface area contributed by atoms with E-state index in [0.29, 0.717) is 25.9 Å². The first-order valence-corrected chi connectivity index (χ1v) is 8.33. The Kier molecular flexibility index (Phi) is 6.44. The zero-order valence-electron chi connectivity index (χ0n) is 13.4. The van der Waals surface area contributed by atoms with E-state index in [2.05, 4.69) is 28.8 Å². The molecule has 0 bridgehead atoms. The second-order valence-corrected chi connectivity index (χ2v) is 5.94. The van der Waals surface area contributed by atoms with Crippen LogP contribution in [0.4, 0.5) is 0 Å². The van der Waals surface area contributed by atoms with Crippen LogP contribution in [0.5, 0.6) is 0 Å². The predicted octanol–water partition coefficient (Wildman–Crippen LogP) is 2.14. The second kappa shape index (κ2) is 8.57. The lowest BCUT2D eigenvalue weighted by molar-refractivity contribution is -0.122. The van der Waals surface area contributed by atoms with E-state index in [-0.39, 0.29) is 11.8 Å². The van der Waals surface area contributed by atoms with Crippen molar-refractivity contribution in [2.24, 2.45) is 0 Å². The Labute approximate surface area is 132 Å². The number of benzene rings is 1. The first-order valence-electron chi connectivity index (χ1n) is 8.33. The Morgan fingerprint density at radius 2 is 1.73 bits per heavy atom. The van der Waals surface area contributed by atoms with E-state index >= 15 is 0 Å². The smallest absolute Gasteiger partial charge is 0.224 e. The van der Waals surface area contributed by atoms with Crippen LogP contribution in [0, 0.1) is 0 Å². The van der Waals surface area contributed by atoms with Crippen LogP contribution >= 0.6 is 0 Å². The zero-order valence-corrected chi connectivity index (χ0v) is 13.4. The maximum absolute atomic E-state index is 11.9. The van der Waals surface area contributed by atoms with Gasteiger partial charge in [-0.3, -0.25) is 9.59 Å². The van der Waals surface area contributed by atoms with Gasteiger partial charge in [0.05, 0.1) is 6.42 Å². The summed E-state index contributed by atoms with van der Waals surface area (Å²) in [5.41, 5.74) is 3.90. The highest BCUT2D eigenvalue weighted by molar-refractivity contribution is 5.80. The van der Waals surface area contributed by atoms with Crippen molar-refractivity contribution in [3.63, 3.8) is 0 Å². The largest absolute Gasteiger partial charge is 0.356 e. The normalized spacial score (nSPS) is 13.3. The highest BCUT2D eigenvalue weighted by Crippen LogP contribution is 2.22. The van der Waals surface area contributed by atoms with Gasteiger partial charge in [-0.1, -0.05) is 25.1 Å². The first-order chi connectivity index (χ1) is 10.7. The topological polar surface area (TPSA) is 58.2 Å². The van der Waals surface area contributed by atoms with Gasteiger partial charge in [-0.25, -0.2) is 0 Å². The number of carbonyl (C=O) groups excluding carboxylic acids is 2. The molecule has 0 saturated heterocycles. The fourth-order valence-corrected chi connectivity index (χ4v) is 2.81. The molecule has 0 atom stereocenters. The number of fused-ring (bicyclic) bond motifs is 1. The number of hydrogen-bond donors (Lipinski definition) is 2. The molecule has 0 aromatic heterocycles. The molecule has 1 aliphatic rings. The highest BCUT2D eigenvalue weighted by Gasteiger charge is 2.11. The molecule has 2 N–H and O–H groups in total. The summed E-state index contributed by atoms with van der Waals surface area (Å²) >= 11 is 0. The maximum Gasteiger partial charge on any atom is 0.224 e. The van der Waals surface area contributed by atoms with Gasteiger partial charge in [0, 0.05) is 19.5 Å². The van der Waals surface area contributed by atoms with Crippen LogP contribution in [-0.2, 0) is 28.9 Å². The lowest BCUT2D eigenvalue weighted by atomic mass is 9.90. The van der Waals surface area contributed by atoms with Gasteiger partial charge in [0.1, 0.15) is 0 Å². The van der Waals surface area contributed by atoms with Crippen LogP contribution < -0.4 is 10.6 Å². The van der Waals surface area contributed by atoms with Gasteiger partial charge in [0.25, 0.3) is 0 Å². The molecule has 22 heavy (non-hydrogen) atoms. The third-order valence-corrected chi connectivity index (χ3v) is 4.02. The molecule has 0 fully saturated rings. The molecule has 0 aliphatic heterocycles. The van der Waals surface area contributed by atoms with Crippen LogP contribution in [0.25, 0.3) is 0 Å². The number of aryl methyl sites for hydroxylation is 2. The van der Waals surface area contributed by atoms with Gasteiger partial charge in [0.15, 0.2) is 0 Å². The summed E-state index contributed by atoms with van der Waals surface area (Å²) < 4.78 is 0. The van der Waals surface area contributed by atoms with Crippen molar-refractivity contribution < 1.29 is 9.59 Å². The molecule has 4 heteroatoms. The molecule has 0 radical (unpaired) electrons. The molecule has 2 rings (SSSR count). The van der Waals surface area contributed by atoms with Crippen molar-refractivity contribution in [2.45, 2.75) is 51.9 Å². The standard InChI is InChI=1S/C18H26N2O2/c1-2-10-19-17(21)9-11-20-18(22)13-14-7-8-15-5-3-4-6-16(15)12-14/h7-8,12H,2-6,9-11,13H2,1H3,(H,19,21)(H,20,22). The molecule has 0 heterocycles. The average Bonchev–Trinajstić information content (AvgIpc) is 2.52. The molecule has 0 unspecified atom stereocenters. The molecule has 1 aromatic rings.